The van der Waals surface area contributed by atoms with Crippen LogP contribution < -0.4 is 5.32 Å². The quantitative estimate of drug-likeness (QED) is 0.509. The Bertz CT molecular complexity index is 133. The molecule has 0 spiro atoms. The van der Waals surface area contributed by atoms with Gasteiger partial charge in [-0.3, -0.25) is 4.79 Å². The number of halogens is 1. The lowest BCUT2D eigenvalue weighted by Gasteiger charge is -1.89. The first-order valence-electron chi connectivity index (χ1n) is 2.10. The van der Waals surface area contributed by atoms with E-state index in [0.717, 1.165) is 0 Å². The summed E-state index contributed by atoms with van der Waals surface area (Å²) in [6.45, 7) is 1.92. The molecule has 0 radical (unpaired) electrons. The van der Waals surface area contributed by atoms with Gasteiger partial charge in [-0.2, -0.15) is 0 Å². The largest absolute Gasteiger partial charge is 0.345 e. The molecule has 0 aliphatic rings. The highest BCUT2D eigenvalue weighted by molar-refractivity contribution is 14.1. The van der Waals surface area contributed by atoms with E-state index in [2.05, 4.69) is 15.2 Å². The average Bonchev–Trinajstić information content (AvgIpc) is 1.66. The minimum atomic E-state index is -0.0378. The van der Waals surface area contributed by atoms with E-state index in [1.807, 2.05) is 22.6 Å². The molecule has 0 aliphatic heterocycles. The summed E-state index contributed by atoms with van der Waals surface area (Å²) in [4.78, 5) is 10.1. The first kappa shape index (κ1) is 7.76. The zero-order chi connectivity index (χ0) is 6.41. The number of amides is 1. The van der Waals surface area contributed by atoms with Crippen molar-refractivity contribution in [1.82, 2.24) is 5.32 Å². The number of hydrogen-bond donors (Lipinski definition) is 1. The average molecular weight is 223 g/mol. The molecule has 0 aromatic heterocycles. The van der Waals surface area contributed by atoms with Gasteiger partial charge in [0.05, 0.1) is 6.54 Å². The van der Waals surface area contributed by atoms with Crippen molar-refractivity contribution in [2.45, 2.75) is 6.92 Å². The Morgan fingerprint density at radius 2 is 2.50 bits per heavy atom. The van der Waals surface area contributed by atoms with Crippen LogP contribution in [0.4, 0.5) is 0 Å². The van der Waals surface area contributed by atoms with Crippen LogP contribution in [0.1, 0.15) is 6.92 Å². The lowest BCUT2D eigenvalue weighted by molar-refractivity contribution is -0.118. The molecular weight excluding hydrogens is 217 g/mol. The minimum absolute atomic E-state index is 0.0378. The highest BCUT2D eigenvalue weighted by atomic mass is 127. The maximum absolute atomic E-state index is 10.1. The second kappa shape index (κ2) is 4.91. The Morgan fingerprint density at radius 1 is 1.88 bits per heavy atom. The highest BCUT2D eigenvalue weighted by Gasteiger charge is 1.81. The molecule has 0 bridgehead atoms. The van der Waals surface area contributed by atoms with Crippen LogP contribution >= 0.6 is 22.6 Å². The summed E-state index contributed by atoms with van der Waals surface area (Å²) < 4.78 is 2.63. The zero-order valence-electron chi connectivity index (χ0n) is 4.49. The molecule has 1 amide bonds. The standard InChI is InChI=1S/C5H6INO/c1-5(8)7-4-2-3-6/h4H2,1H3,(H,7,8). The third kappa shape index (κ3) is 5.76. The predicted octanol–water partition coefficient (Wildman–Crippen LogP) is 0.518. The van der Waals surface area contributed by atoms with Crippen LogP contribution in [-0.2, 0) is 4.79 Å². The second-order valence-corrected chi connectivity index (χ2v) is 1.72. The van der Waals surface area contributed by atoms with Gasteiger partial charge in [-0.25, -0.2) is 0 Å². The third-order valence-electron chi connectivity index (χ3n) is 0.493. The van der Waals surface area contributed by atoms with Gasteiger partial charge in [0.2, 0.25) is 5.91 Å². The maximum atomic E-state index is 10.1. The van der Waals surface area contributed by atoms with Gasteiger partial charge in [-0.05, 0) is 3.93 Å². The van der Waals surface area contributed by atoms with E-state index >= 15 is 0 Å². The van der Waals surface area contributed by atoms with Gasteiger partial charge in [0.25, 0.3) is 0 Å². The molecule has 0 aliphatic carbocycles. The van der Waals surface area contributed by atoms with Crippen molar-refractivity contribution in [2.75, 3.05) is 6.54 Å². The number of carbonyl (C=O) groups excluding carboxylic acids is 1. The molecule has 44 valence electrons. The van der Waals surface area contributed by atoms with Crippen LogP contribution in [0.15, 0.2) is 0 Å². The van der Waals surface area contributed by atoms with E-state index < -0.39 is 0 Å². The van der Waals surface area contributed by atoms with Crippen molar-refractivity contribution in [2.24, 2.45) is 0 Å². The normalized spacial score (nSPS) is 6.75. The molecule has 0 saturated heterocycles. The Morgan fingerprint density at radius 3 is 2.88 bits per heavy atom. The van der Waals surface area contributed by atoms with Crippen LogP contribution in [0.5, 0.6) is 0 Å². The van der Waals surface area contributed by atoms with Gasteiger partial charge in [0, 0.05) is 29.5 Å². The van der Waals surface area contributed by atoms with E-state index in [1.54, 1.807) is 0 Å². The van der Waals surface area contributed by atoms with Gasteiger partial charge in [-0.1, -0.05) is 5.92 Å². The van der Waals surface area contributed by atoms with Crippen molar-refractivity contribution in [3.8, 4) is 9.85 Å². The van der Waals surface area contributed by atoms with E-state index in [9.17, 15) is 4.79 Å². The Kier molecular flexibility index (Phi) is 4.76. The Balaban J connectivity index is 3.14. The van der Waals surface area contributed by atoms with E-state index in [0.29, 0.717) is 6.54 Å². The second-order valence-electron chi connectivity index (χ2n) is 1.18. The predicted molar refractivity (Wildman–Crippen MR) is 40.5 cm³/mol. The molecule has 2 nitrogen and oxygen atoms in total. The topological polar surface area (TPSA) is 29.1 Å². The van der Waals surface area contributed by atoms with Crippen LogP contribution in [0.2, 0.25) is 0 Å². The Hall–Kier alpha value is -0.240. The van der Waals surface area contributed by atoms with E-state index in [-0.39, 0.29) is 5.91 Å². The summed E-state index contributed by atoms with van der Waals surface area (Å²) in [5.74, 6) is 2.65. The molecule has 0 atom stereocenters. The van der Waals surface area contributed by atoms with Crippen LogP contribution in [0.3, 0.4) is 0 Å². The summed E-state index contributed by atoms with van der Waals surface area (Å²) in [5, 5.41) is 2.53. The lowest BCUT2D eigenvalue weighted by atomic mass is 10.6. The molecule has 0 aromatic carbocycles. The SMILES string of the molecule is CC(=O)NCC#CI. The van der Waals surface area contributed by atoms with Gasteiger partial charge in [0.15, 0.2) is 0 Å². The highest BCUT2D eigenvalue weighted by Crippen LogP contribution is 1.68. The fourth-order valence-corrected chi connectivity index (χ4v) is 0.393. The smallest absolute Gasteiger partial charge is 0.217 e. The van der Waals surface area contributed by atoms with Crippen molar-refractivity contribution in [3.63, 3.8) is 0 Å². The molecule has 3 heteroatoms. The third-order valence-corrected chi connectivity index (χ3v) is 0.874. The molecule has 1 N–H and O–H groups in total. The summed E-state index contributed by atoms with van der Waals surface area (Å²) in [5.41, 5.74) is 0. The fraction of sp³-hybridized carbons (Fsp3) is 0.400. The number of nitrogens with one attached hydrogen (secondary N) is 1. The minimum Gasteiger partial charge on any atom is -0.345 e. The van der Waals surface area contributed by atoms with Crippen molar-refractivity contribution in [3.05, 3.63) is 0 Å². The lowest BCUT2D eigenvalue weighted by Crippen LogP contribution is -2.19. The fourth-order valence-electron chi connectivity index (χ4n) is 0.202. The number of hydrogen-bond acceptors (Lipinski definition) is 1. The van der Waals surface area contributed by atoms with Gasteiger partial charge < -0.3 is 5.32 Å². The van der Waals surface area contributed by atoms with Crippen molar-refractivity contribution >= 4 is 28.5 Å². The number of carbonyl (C=O) groups is 1. The summed E-state index contributed by atoms with van der Waals surface area (Å²) in [6, 6.07) is 0. The van der Waals surface area contributed by atoms with Gasteiger partial charge >= 0.3 is 0 Å². The molecule has 0 saturated carbocycles. The molecule has 8 heavy (non-hydrogen) atoms. The summed E-state index contributed by atoms with van der Waals surface area (Å²) in [7, 11) is 0. The van der Waals surface area contributed by atoms with Crippen molar-refractivity contribution in [1.29, 1.82) is 0 Å². The molecule has 0 rings (SSSR count). The first-order chi connectivity index (χ1) is 3.77. The van der Waals surface area contributed by atoms with Crippen LogP contribution in [0.25, 0.3) is 0 Å². The Labute approximate surface area is 62.2 Å². The van der Waals surface area contributed by atoms with Gasteiger partial charge in [-0.15, -0.1) is 0 Å². The first-order valence-corrected chi connectivity index (χ1v) is 3.18. The van der Waals surface area contributed by atoms with Crippen LogP contribution in [0, 0.1) is 9.85 Å². The van der Waals surface area contributed by atoms with Gasteiger partial charge in [0.1, 0.15) is 0 Å². The molecule has 0 unspecified atom stereocenters. The van der Waals surface area contributed by atoms with Crippen LogP contribution in [-0.4, -0.2) is 12.5 Å². The molecule has 0 aromatic rings. The maximum Gasteiger partial charge on any atom is 0.217 e. The summed E-state index contributed by atoms with van der Waals surface area (Å²) in [6.07, 6.45) is 0. The van der Waals surface area contributed by atoms with E-state index in [4.69, 9.17) is 0 Å². The zero-order valence-corrected chi connectivity index (χ0v) is 6.65. The molecular formula is C5H6INO. The molecule has 0 fully saturated rings. The van der Waals surface area contributed by atoms with E-state index in [1.165, 1.54) is 6.92 Å². The molecule has 0 heterocycles. The number of rotatable bonds is 1. The van der Waals surface area contributed by atoms with Crippen molar-refractivity contribution < 1.29 is 4.79 Å². The summed E-state index contributed by atoms with van der Waals surface area (Å²) >= 11 is 1.92. The monoisotopic (exact) mass is 223 g/mol.